The number of hydrogen-bond donors (Lipinski definition) is 2. The Kier molecular flexibility index (Phi) is 4.13. The number of phenolic OH excluding ortho intramolecular Hbond substituents is 1. The summed E-state index contributed by atoms with van der Waals surface area (Å²) in [6, 6.07) is 6.77. The van der Waals surface area contributed by atoms with Crippen LogP contribution in [0.4, 0.5) is 0 Å². The van der Waals surface area contributed by atoms with Crippen molar-refractivity contribution in [2.24, 2.45) is 0 Å². The summed E-state index contributed by atoms with van der Waals surface area (Å²) in [4.78, 5) is 10.7. The van der Waals surface area contributed by atoms with E-state index in [9.17, 15) is 4.79 Å². The number of carbonyl (C=O) groups is 1. The van der Waals surface area contributed by atoms with Crippen molar-refractivity contribution < 1.29 is 9.90 Å². The molecule has 0 radical (unpaired) electrons. The predicted molar refractivity (Wildman–Crippen MR) is 55.3 cm³/mol. The highest BCUT2D eigenvalue weighted by Gasteiger charge is 2.05. The van der Waals surface area contributed by atoms with E-state index in [1.54, 1.807) is 12.1 Å². The number of carbonyl (C=O) groups excluding carboxylic acids is 1. The van der Waals surface area contributed by atoms with Gasteiger partial charge < -0.3 is 15.2 Å². The van der Waals surface area contributed by atoms with Crippen molar-refractivity contribution in [2.45, 2.75) is 19.4 Å². The van der Waals surface area contributed by atoms with E-state index in [0.29, 0.717) is 6.42 Å². The molecule has 1 atom stereocenters. The molecule has 2 N–H and O–H groups in total. The second-order valence-corrected chi connectivity index (χ2v) is 3.17. The summed E-state index contributed by atoms with van der Waals surface area (Å²) >= 11 is 0. The fourth-order valence-electron chi connectivity index (χ4n) is 1.32. The van der Waals surface area contributed by atoms with Crippen LogP contribution in [0.1, 0.15) is 12.5 Å². The maximum atomic E-state index is 10.7. The van der Waals surface area contributed by atoms with Gasteiger partial charge in [0.05, 0.1) is 6.04 Å². The van der Waals surface area contributed by atoms with E-state index in [2.05, 4.69) is 5.32 Å². The highest BCUT2D eigenvalue weighted by atomic mass is 16.3. The fourth-order valence-corrected chi connectivity index (χ4v) is 1.32. The molecule has 1 aromatic carbocycles. The van der Waals surface area contributed by atoms with Gasteiger partial charge in [-0.15, -0.1) is 0 Å². The minimum Gasteiger partial charge on any atom is -0.508 e. The molecule has 0 unspecified atom stereocenters. The molecule has 0 aliphatic carbocycles. The Balaban J connectivity index is 2.57. The molecule has 0 spiro atoms. The van der Waals surface area contributed by atoms with Gasteiger partial charge in [-0.05, 0) is 30.7 Å². The van der Waals surface area contributed by atoms with Gasteiger partial charge in [0.25, 0.3) is 0 Å². The topological polar surface area (TPSA) is 49.3 Å². The molecule has 3 nitrogen and oxygen atoms in total. The van der Waals surface area contributed by atoms with E-state index < -0.39 is 0 Å². The average molecular weight is 193 g/mol. The van der Waals surface area contributed by atoms with Gasteiger partial charge in [-0.3, -0.25) is 0 Å². The van der Waals surface area contributed by atoms with Crippen LogP contribution in [0.15, 0.2) is 24.3 Å². The lowest BCUT2D eigenvalue weighted by Crippen LogP contribution is -2.32. The highest BCUT2D eigenvalue weighted by molar-refractivity contribution is 5.58. The third kappa shape index (κ3) is 3.18. The molecule has 0 fully saturated rings. The molecule has 0 aliphatic rings. The van der Waals surface area contributed by atoms with E-state index in [4.69, 9.17) is 5.11 Å². The maximum Gasteiger partial charge on any atom is 0.137 e. The van der Waals surface area contributed by atoms with Crippen LogP contribution in [0.2, 0.25) is 0 Å². The van der Waals surface area contributed by atoms with E-state index in [1.165, 1.54) is 0 Å². The van der Waals surface area contributed by atoms with Crippen molar-refractivity contribution in [3.05, 3.63) is 29.8 Å². The zero-order valence-electron chi connectivity index (χ0n) is 8.23. The number of aromatic hydroxyl groups is 1. The molecule has 0 bridgehead atoms. The Hall–Kier alpha value is -1.35. The highest BCUT2D eigenvalue weighted by Crippen LogP contribution is 2.10. The second-order valence-electron chi connectivity index (χ2n) is 3.17. The molecule has 3 heteroatoms. The Morgan fingerprint density at radius 3 is 2.57 bits per heavy atom. The van der Waals surface area contributed by atoms with Crippen molar-refractivity contribution in [3.63, 3.8) is 0 Å². The minimum absolute atomic E-state index is 0.135. The molecule has 0 amide bonds. The van der Waals surface area contributed by atoms with Crippen molar-refractivity contribution >= 4 is 6.29 Å². The van der Waals surface area contributed by atoms with Crippen LogP contribution >= 0.6 is 0 Å². The van der Waals surface area contributed by atoms with Gasteiger partial charge in [0, 0.05) is 0 Å². The first-order valence-electron chi connectivity index (χ1n) is 4.73. The molecular formula is C11H15NO2. The molecular weight excluding hydrogens is 178 g/mol. The van der Waals surface area contributed by atoms with Gasteiger partial charge in [0.2, 0.25) is 0 Å². The summed E-state index contributed by atoms with van der Waals surface area (Å²) in [6.07, 6.45) is 1.58. The molecule has 0 heterocycles. The monoisotopic (exact) mass is 193 g/mol. The van der Waals surface area contributed by atoms with Crippen molar-refractivity contribution in [3.8, 4) is 5.75 Å². The third-order valence-corrected chi connectivity index (χ3v) is 2.02. The number of benzene rings is 1. The van der Waals surface area contributed by atoms with Crippen LogP contribution in [0.3, 0.4) is 0 Å². The summed E-state index contributed by atoms with van der Waals surface area (Å²) in [5, 5.41) is 12.1. The Labute approximate surface area is 83.8 Å². The zero-order chi connectivity index (χ0) is 10.4. The van der Waals surface area contributed by atoms with Crippen LogP contribution < -0.4 is 5.32 Å². The largest absolute Gasteiger partial charge is 0.508 e. The van der Waals surface area contributed by atoms with Gasteiger partial charge in [0.1, 0.15) is 12.0 Å². The Morgan fingerprint density at radius 1 is 1.43 bits per heavy atom. The normalized spacial score (nSPS) is 12.4. The van der Waals surface area contributed by atoms with Gasteiger partial charge >= 0.3 is 0 Å². The summed E-state index contributed by atoms with van der Waals surface area (Å²) < 4.78 is 0. The van der Waals surface area contributed by atoms with Gasteiger partial charge in [0.15, 0.2) is 0 Å². The average Bonchev–Trinajstić information content (AvgIpc) is 2.20. The molecule has 1 aromatic rings. The van der Waals surface area contributed by atoms with E-state index >= 15 is 0 Å². The van der Waals surface area contributed by atoms with E-state index in [0.717, 1.165) is 18.4 Å². The zero-order valence-corrected chi connectivity index (χ0v) is 8.23. The van der Waals surface area contributed by atoms with Crippen molar-refractivity contribution in [1.29, 1.82) is 0 Å². The first-order chi connectivity index (χ1) is 6.76. The standard InChI is InChI=1S/C11H15NO2/c1-2-12-10(8-13)7-9-3-5-11(14)6-4-9/h3-6,8,10,12,14H,2,7H2,1H3/t10-/m0/s1. The number of likely N-dealkylation sites (N-methyl/N-ethyl adjacent to an activating group) is 1. The second kappa shape index (κ2) is 5.40. The van der Waals surface area contributed by atoms with Crippen molar-refractivity contribution in [2.75, 3.05) is 6.54 Å². The first kappa shape index (κ1) is 10.7. The van der Waals surface area contributed by atoms with Crippen LogP contribution in [0.25, 0.3) is 0 Å². The molecule has 76 valence electrons. The number of aldehydes is 1. The smallest absolute Gasteiger partial charge is 0.137 e. The lowest BCUT2D eigenvalue weighted by Gasteiger charge is -2.10. The number of nitrogens with one attached hydrogen (secondary N) is 1. The molecule has 14 heavy (non-hydrogen) atoms. The summed E-state index contributed by atoms with van der Waals surface area (Å²) in [7, 11) is 0. The predicted octanol–water partition coefficient (Wildman–Crippen LogP) is 1.11. The van der Waals surface area contributed by atoms with Gasteiger partial charge in [-0.2, -0.15) is 0 Å². The first-order valence-corrected chi connectivity index (χ1v) is 4.73. The lowest BCUT2D eigenvalue weighted by molar-refractivity contribution is -0.109. The number of rotatable bonds is 5. The SMILES string of the molecule is CCN[C@H](C=O)Cc1ccc(O)cc1. The summed E-state index contributed by atoms with van der Waals surface area (Å²) in [6.45, 7) is 2.74. The summed E-state index contributed by atoms with van der Waals surface area (Å²) in [5.41, 5.74) is 1.04. The van der Waals surface area contributed by atoms with Crippen molar-refractivity contribution in [1.82, 2.24) is 5.32 Å². The maximum absolute atomic E-state index is 10.7. The molecule has 1 rings (SSSR count). The van der Waals surface area contributed by atoms with E-state index in [1.807, 2.05) is 19.1 Å². The number of hydrogen-bond acceptors (Lipinski definition) is 3. The minimum atomic E-state index is -0.135. The molecule has 0 aliphatic heterocycles. The van der Waals surface area contributed by atoms with Crippen LogP contribution in [-0.2, 0) is 11.2 Å². The third-order valence-electron chi connectivity index (χ3n) is 2.02. The van der Waals surface area contributed by atoms with Crippen LogP contribution in [0, 0.1) is 0 Å². The molecule has 0 saturated heterocycles. The fraction of sp³-hybridized carbons (Fsp3) is 0.364. The Morgan fingerprint density at radius 2 is 2.07 bits per heavy atom. The molecule has 0 aromatic heterocycles. The quantitative estimate of drug-likeness (QED) is 0.689. The summed E-state index contributed by atoms with van der Waals surface area (Å²) in [5.74, 6) is 0.250. The van der Waals surface area contributed by atoms with Crippen LogP contribution in [0.5, 0.6) is 5.75 Å². The van der Waals surface area contributed by atoms with Gasteiger partial charge in [-0.25, -0.2) is 0 Å². The number of phenols is 1. The van der Waals surface area contributed by atoms with E-state index in [-0.39, 0.29) is 11.8 Å². The van der Waals surface area contributed by atoms with Gasteiger partial charge in [-0.1, -0.05) is 19.1 Å². The Bertz CT molecular complexity index is 282. The molecule has 0 saturated carbocycles. The van der Waals surface area contributed by atoms with Crippen LogP contribution in [-0.4, -0.2) is 24.0 Å². The lowest BCUT2D eigenvalue weighted by atomic mass is 10.1.